The Hall–Kier alpha value is -2.41. The van der Waals surface area contributed by atoms with Crippen LogP contribution in [0, 0.1) is 0 Å². The predicted octanol–water partition coefficient (Wildman–Crippen LogP) is 2.29. The molecule has 0 bridgehead atoms. The maximum absolute atomic E-state index is 12.8. The second-order valence-electron chi connectivity index (χ2n) is 4.98. The van der Waals surface area contributed by atoms with Crippen molar-refractivity contribution >= 4 is 15.7 Å². The van der Waals surface area contributed by atoms with Crippen LogP contribution in [-0.2, 0) is 10.0 Å². The lowest BCUT2D eigenvalue weighted by atomic mass is 10.3. The molecule has 0 atom stereocenters. The Bertz CT molecular complexity index is 802. The Morgan fingerprint density at radius 1 is 1.00 bits per heavy atom. The average molecular weight is 335 g/mol. The zero-order valence-corrected chi connectivity index (χ0v) is 13.7. The molecule has 122 valence electrons. The maximum Gasteiger partial charge on any atom is 0.264 e. The molecule has 1 aliphatic rings. The highest BCUT2D eigenvalue weighted by Crippen LogP contribution is 2.34. The molecular weight excluding hydrogens is 318 g/mol. The lowest BCUT2D eigenvalue weighted by Gasteiger charge is -2.22. The molecule has 2 aromatic carbocycles. The number of benzene rings is 2. The molecule has 0 amide bonds. The second-order valence-corrected chi connectivity index (χ2v) is 6.95. The summed E-state index contributed by atoms with van der Waals surface area (Å²) in [6, 6.07) is 11.4. The van der Waals surface area contributed by atoms with Crippen LogP contribution in [0.15, 0.2) is 47.4 Å². The molecule has 3 rings (SSSR count). The number of rotatable bonds is 4. The van der Waals surface area contributed by atoms with E-state index in [9.17, 15) is 8.42 Å². The molecule has 2 aromatic rings. The lowest BCUT2D eigenvalue weighted by molar-refractivity contribution is 0.171. The number of methoxy groups -OCH3 is 1. The highest BCUT2D eigenvalue weighted by molar-refractivity contribution is 7.92. The molecule has 0 aromatic heterocycles. The highest BCUT2D eigenvalue weighted by atomic mass is 32.2. The van der Waals surface area contributed by atoms with Gasteiger partial charge in [0, 0.05) is 13.1 Å². The molecule has 7 heteroatoms. The molecule has 0 radical (unpaired) electrons. The van der Waals surface area contributed by atoms with Gasteiger partial charge in [0.1, 0.15) is 19.0 Å². The van der Waals surface area contributed by atoms with Crippen molar-refractivity contribution in [1.29, 1.82) is 0 Å². The van der Waals surface area contributed by atoms with E-state index in [1.165, 1.54) is 23.5 Å². The van der Waals surface area contributed by atoms with Crippen LogP contribution >= 0.6 is 0 Å². The Morgan fingerprint density at radius 3 is 2.30 bits per heavy atom. The van der Waals surface area contributed by atoms with Crippen LogP contribution in [0.3, 0.4) is 0 Å². The molecule has 0 saturated carbocycles. The summed E-state index contributed by atoms with van der Waals surface area (Å²) in [5, 5.41) is 0. The minimum atomic E-state index is -3.69. The first-order chi connectivity index (χ1) is 11.0. The maximum atomic E-state index is 12.8. The minimum absolute atomic E-state index is 0.153. The van der Waals surface area contributed by atoms with Crippen LogP contribution in [-0.4, -0.2) is 35.8 Å². The number of ether oxygens (including phenoxy) is 3. The minimum Gasteiger partial charge on any atom is -0.497 e. The van der Waals surface area contributed by atoms with Gasteiger partial charge >= 0.3 is 0 Å². The van der Waals surface area contributed by atoms with E-state index in [0.29, 0.717) is 36.1 Å². The zero-order valence-electron chi connectivity index (χ0n) is 12.9. The number of hydrogen-bond donors (Lipinski definition) is 0. The van der Waals surface area contributed by atoms with Gasteiger partial charge in [-0.15, -0.1) is 0 Å². The normalized spacial score (nSPS) is 13.5. The first-order valence-electron chi connectivity index (χ1n) is 7.05. The van der Waals surface area contributed by atoms with Gasteiger partial charge in [-0.05, 0) is 36.4 Å². The van der Waals surface area contributed by atoms with E-state index in [2.05, 4.69) is 0 Å². The molecule has 0 aliphatic carbocycles. The van der Waals surface area contributed by atoms with Gasteiger partial charge in [0.15, 0.2) is 11.5 Å². The number of anilines is 1. The molecule has 1 aliphatic heterocycles. The van der Waals surface area contributed by atoms with Crippen LogP contribution in [0.25, 0.3) is 0 Å². The van der Waals surface area contributed by atoms with Gasteiger partial charge in [-0.25, -0.2) is 8.42 Å². The topological polar surface area (TPSA) is 65.1 Å². The number of sulfonamides is 1. The van der Waals surface area contributed by atoms with Crippen molar-refractivity contribution < 1.29 is 22.6 Å². The summed E-state index contributed by atoms with van der Waals surface area (Å²) in [4.78, 5) is 0.153. The molecule has 1 heterocycles. The summed E-state index contributed by atoms with van der Waals surface area (Å²) in [7, 11) is -0.620. The van der Waals surface area contributed by atoms with E-state index in [4.69, 9.17) is 14.2 Å². The fourth-order valence-electron chi connectivity index (χ4n) is 2.27. The first-order valence-corrected chi connectivity index (χ1v) is 8.49. The summed E-state index contributed by atoms with van der Waals surface area (Å²) < 4.78 is 42.7. The summed E-state index contributed by atoms with van der Waals surface area (Å²) in [6.07, 6.45) is 0. The molecular formula is C16H17NO5S. The van der Waals surface area contributed by atoms with E-state index in [1.807, 2.05) is 0 Å². The van der Waals surface area contributed by atoms with Crippen LogP contribution in [0.2, 0.25) is 0 Å². The fraction of sp³-hybridized carbons (Fsp3) is 0.250. The zero-order chi connectivity index (χ0) is 16.4. The third-order valence-corrected chi connectivity index (χ3v) is 5.39. The van der Waals surface area contributed by atoms with E-state index in [0.717, 1.165) is 0 Å². The molecule has 0 N–H and O–H groups in total. The summed E-state index contributed by atoms with van der Waals surface area (Å²) in [5.74, 6) is 1.67. The monoisotopic (exact) mass is 335 g/mol. The van der Waals surface area contributed by atoms with Crippen molar-refractivity contribution in [2.45, 2.75) is 4.90 Å². The number of hydrogen-bond acceptors (Lipinski definition) is 5. The standard InChI is InChI=1S/C16H17NO5S/c1-17(12-3-5-13(20-2)6-4-12)23(18,19)14-7-8-15-16(11-14)22-10-9-21-15/h3-8,11H,9-10H2,1-2H3. The summed E-state index contributed by atoms with van der Waals surface area (Å²) in [5.41, 5.74) is 0.542. The van der Waals surface area contributed by atoms with Gasteiger partial charge in [-0.1, -0.05) is 0 Å². The van der Waals surface area contributed by atoms with Crippen molar-refractivity contribution in [3.05, 3.63) is 42.5 Å². The molecule has 0 saturated heterocycles. The smallest absolute Gasteiger partial charge is 0.264 e. The van der Waals surface area contributed by atoms with Gasteiger partial charge in [0.25, 0.3) is 10.0 Å². The Morgan fingerprint density at radius 2 is 1.65 bits per heavy atom. The first kappa shape index (κ1) is 15.5. The van der Waals surface area contributed by atoms with Gasteiger partial charge in [-0.3, -0.25) is 4.31 Å². The third kappa shape index (κ3) is 2.92. The van der Waals surface area contributed by atoms with Gasteiger partial charge in [-0.2, -0.15) is 0 Å². The third-order valence-electron chi connectivity index (χ3n) is 3.61. The Labute approximate surface area is 135 Å². The molecule has 23 heavy (non-hydrogen) atoms. The average Bonchev–Trinajstić information content (AvgIpc) is 2.60. The van der Waals surface area contributed by atoms with Gasteiger partial charge in [0.05, 0.1) is 17.7 Å². The van der Waals surface area contributed by atoms with E-state index >= 15 is 0 Å². The summed E-state index contributed by atoms with van der Waals surface area (Å²) >= 11 is 0. The predicted molar refractivity (Wildman–Crippen MR) is 86.0 cm³/mol. The second kappa shape index (κ2) is 6.00. The van der Waals surface area contributed by atoms with Crippen LogP contribution in [0.1, 0.15) is 0 Å². The highest BCUT2D eigenvalue weighted by Gasteiger charge is 2.24. The van der Waals surface area contributed by atoms with Gasteiger partial charge < -0.3 is 14.2 Å². The van der Waals surface area contributed by atoms with Crippen LogP contribution in [0.4, 0.5) is 5.69 Å². The molecule has 6 nitrogen and oxygen atoms in total. The van der Waals surface area contributed by atoms with E-state index < -0.39 is 10.0 Å². The van der Waals surface area contributed by atoms with Crippen LogP contribution < -0.4 is 18.5 Å². The molecule has 0 spiro atoms. The quantitative estimate of drug-likeness (QED) is 0.858. The SMILES string of the molecule is COc1ccc(N(C)S(=O)(=O)c2ccc3c(c2)OCCO3)cc1. The lowest BCUT2D eigenvalue weighted by Crippen LogP contribution is -2.26. The van der Waals surface area contributed by atoms with E-state index in [1.54, 1.807) is 37.4 Å². The molecule has 0 fully saturated rings. The van der Waals surface area contributed by atoms with Crippen molar-refractivity contribution in [1.82, 2.24) is 0 Å². The van der Waals surface area contributed by atoms with Crippen LogP contribution in [0.5, 0.6) is 17.2 Å². The fourth-order valence-corrected chi connectivity index (χ4v) is 3.48. The van der Waals surface area contributed by atoms with Crippen molar-refractivity contribution in [2.24, 2.45) is 0 Å². The molecule has 0 unspecified atom stereocenters. The van der Waals surface area contributed by atoms with Crippen molar-refractivity contribution in [3.63, 3.8) is 0 Å². The Kier molecular flexibility index (Phi) is 4.04. The van der Waals surface area contributed by atoms with Crippen molar-refractivity contribution in [2.75, 3.05) is 31.7 Å². The summed E-state index contributed by atoms with van der Waals surface area (Å²) in [6.45, 7) is 0.871. The van der Waals surface area contributed by atoms with Crippen molar-refractivity contribution in [3.8, 4) is 17.2 Å². The van der Waals surface area contributed by atoms with Gasteiger partial charge in [0.2, 0.25) is 0 Å². The number of fused-ring (bicyclic) bond motifs is 1. The Balaban J connectivity index is 1.93. The number of nitrogens with zero attached hydrogens (tertiary/aromatic N) is 1. The van der Waals surface area contributed by atoms with E-state index in [-0.39, 0.29) is 4.90 Å². The largest absolute Gasteiger partial charge is 0.497 e.